The van der Waals surface area contributed by atoms with Gasteiger partial charge in [-0.25, -0.2) is 5.84 Å². The number of carbonyl (C=O) groups is 2. The van der Waals surface area contributed by atoms with Crippen LogP contribution in [0.25, 0.3) is 0 Å². The molecule has 0 aromatic rings. The topological polar surface area (TPSA) is 360 Å². The van der Waals surface area contributed by atoms with Crippen molar-refractivity contribution in [2.24, 2.45) is 5.84 Å². The quantitative estimate of drug-likeness (QED) is 0.0298. The molecule has 4 fully saturated rings. The summed E-state index contributed by atoms with van der Waals surface area (Å²) in [5.74, 6) is 4.05. The lowest BCUT2D eigenvalue weighted by Gasteiger charge is -2.50. The van der Waals surface area contributed by atoms with Crippen molar-refractivity contribution in [1.82, 2.24) is 10.7 Å². The normalized spacial score (nSPS) is 45.2. The Morgan fingerprint density at radius 3 is 1.82 bits per heavy atom. The van der Waals surface area contributed by atoms with Crippen molar-refractivity contribution < 1.29 is 98.5 Å². The van der Waals surface area contributed by atoms with Crippen LogP contribution in [-0.2, 0) is 47.5 Å². The second-order valence-electron chi connectivity index (χ2n) is 14.1. The van der Waals surface area contributed by atoms with Crippen molar-refractivity contribution in [3.8, 4) is 0 Å². The number of ether oxygens (including phenoxy) is 8. The SMILES string of the molecule is CC(=O)NC1C(O[C@H]2OC(CO)[C@H](O)[C@H](O)C2O[C@@H]2OC(C)[C@H](O)[C@H](O)C2O)[C@H](O)[C@H](CO)O[C@@H]1O[C@@H]1C(O)[C@H](OCCCCCC(=O)NN)OC(C)[C@@H]1O. The number of aliphatic hydroxyl groups is 10. The van der Waals surface area contributed by atoms with Crippen molar-refractivity contribution in [2.75, 3.05) is 19.8 Å². The van der Waals surface area contributed by atoms with Gasteiger partial charge in [0.25, 0.3) is 0 Å². The maximum atomic E-state index is 12.5. The molecule has 0 radical (unpaired) electrons. The third-order valence-corrected chi connectivity index (χ3v) is 10.0. The zero-order valence-corrected chi connectivity index (χ0v) is 30.6. The zero-order valence-electron chi connectivity index (χ0n) is 30.6. The first-order chi connectivity index (χ1) is 26.0. The Morgan fingerprint density at radius 2 is 1.18 bits per heavy atom. The Morgan fingerprint density at radius 1 is 0.600 bits per heavy atom. The number of amides is 2. The van der Waals surface area contributed by atoms with Gasteiger partial charge in [0.2, 0.25) is 11.8 Å². The monoisotopic (exact) mass is 803 g/mol. The van der Waals surface area contributed by atoms with Crippen molar-refractivity contribution in [2.45, 2.75) is 169 Å². The number of hydrogen-bond acceptors (Lipinski definition) is 21. The number of nitrogens with one attached hydrogen (secondary N) is 2. The largest absolute Gasteiger partial charge is 0.394 e. The molecule has 4 aliphatic heterocycles. The van der Waals surface area contributed by atoms with E-state index in [-0.39, 0.29) is 18.9 Å². The number of carbonyl (C=O) groups excluding carboxylic acids is 2. The molecule has 4 heterocycles. The van der Waals surface area contributed by atoms with Gasteiger partial charge in [0.05, 0.1) is 25.4 Å². The van der Waals surface area contributed by atoms with Gasteiger partial charge in [-0.05, 0) is 26.7 Å². The highest BCUT2D eigenvalue weighted by atomic mass is 16.8. The number of aliphatic hydroxyl groups excluding tert-OH is 10. The Kier molecular flexibility index (Phi) is 17.3. The maximum absolute atomic E-state index is 12.5. The molecule has 23 nitrogen and oxygen atoms in total. The summed E-state index contributed by atoms with van der Waals surface area (Å²) in [5, 5.41) is 109. The van der Waals surface area contributed by atoms with E-state index < -0.39 is 142 Å². The molecule has 0 aromatic heterocycles. The van der Waals surface area contributed by atoms with Crippen LogP contribution in [0.3, 0.4) is 0 Å². The number of hydrazine groups is 1. The fourth-order valence-corrected chi connectivity index (χ4v) is 6.77. The van der Waals surface area contributed by atoms with Gasteiger partial charge in [0.1, 0.15) is 85.4 Å². The molecule has 4 saturated heterocycles. The molecule has 20 atom stereocenters. The Hall–Kier alpha value is -1.82. The lowest BCUT2D eigenvalue weighted by molar-refractivity contribution is -0.386. The summed E-state index contributed by atoms with van der Waals surface area (Å²) >= 11 is 0. The summed E-state index contributed by atoms with van der Waals surface area (Å²) in [6.45, 7) is 2.35. The standard InChI is InChI=1S/C32H57N3O20/c1-11-18(40)22(44)24(46)31(50-11)55-28-23(45)20(42)14(9-36)52-32(28)53-26-17(34-13(3)38)29(51-15(10-37)21(26)43)54-27-19(41)12(2)49-30(25(27)47)48-8-6-4-5-7-16(39)35-33/h11-12,14-15,17-32,36-37,40-47H,4-10,33H2,1-3H3,(H,34,38)(H,35,39)/t11?,12?,14?,15-,17?,18-,19-,20-,21+,22-,23-,24?,25?,26?,27-,28?,29+,30+,31-,32+/m0/s1. The van der Waals surface area contributed by atoms with Crippen LogP contribution < -0.4 is 16.6 Å². The third-order valence-electron chi connectivity index (χ3n) is 10.0. The van der Waals surface area contributed by atoms with E-state index in [0.29, 0.717) is 19.3 Å². The summed E-state index contributed by atoms with van der Waals surface area (Å²) < 4.78 is 46.3. The van der Waals surface area contributed by atoms with Crippen LogP contribution in [0.2, 0.25) is 0 Å². The Bertz CT molecular complexity index is 1210. The van der Waals surface area contributed by atoms with Gasteiger partial charge in [-0.2, -0.15) is 0 Å². The third kappa shape index (κ3) is 11.0. The summed E-state index contributed by atoms with van der Waals surface area (Å²) in [4.78, 5) is 23.9. The molecule has 0 saturated carbocycles. The molecule has 320 valence electrons. The van der Waals surface area contributed by atoms with Gasteiger partial charge < -0.3 is 94.3 Å². The van der Waals surface area contributed by atoms with Gasteiger partial charge in [-0.15, -0.1) is 0 Å². The first kappa shape index (κ1) is 45.9. The lowest BCUT2D eigenvalue weighted by atomic mass is 9.94. The highest BCUT2D eigenvalue weighted by molar-refractivity contribution is 5.75. The van der Waals surface area contributed by atoms with Gasteiger partial charge in [-0.1, -0.05) is 6.42 Å². The second kappa shape index (κ2) is 20.7. The van der Waals surface area contributed by atoms with Crippen molar-refractivity contribution in [1.29, 1.82) is 0 Å². The van der Waals surface area contributed by atoms with E-state index in [2.05, 4.69) is 5.32 Å². The van der Waals surface area contributed by atoms with Crippen molar-refractivity contribution >= 4 is 11.8 Å². The van der Waals surface area contributed by atoms with E-state index in [1.807, 2.05) is 5.43 Å². The molecule has 4 aliphatic rings. The van der Waals surface area contributed by atoms with E-state index in [0.717, 1.165) is 6.92 Å². The second-order valence-corrected chi connectivity index (χ2v) is 14.1. The van der Waals surface area contributed by atoms with Crippen LogP contribution in [0.15, 0.2) is 0 Å². The van der Waals surface area contributed by atoms with Crippen molar-refractivity contribution in [3.63, 3.8) is 0 Å². The molecule has 55 heavy (non-hydrogen) atoms. The van der Waals surface area contributed by atoms with Crippen LogP contribution in [0.4, 0.5) is 0 Å². The van der Waals surface area contributed by atoms with Crippen LogP contribution >= 0.6 is 0 Å². The number of hydrogen-bond donors (Lipinski definition) is 13. The fraction of sp³-hybridized carbons (Fsp3) is 0.938. The van der Waals surface area contributed by atoms with Gasteiger partial charge in [-0.3, -0.25) is 15.0 Å². The number of rotatable bonds is 16. The highest BCUT2D eigenvalue weighted by Crippen LogP contribution is 2.35. The van der Waals surface area contributed by atoms with Crippen LogP contribution in [0.1, 0.15) is 46.5 Å². The molecule has 0 aliphatic carbocycles. The molecule has 0 spiro atoms. The molecular formula is C32H57N3O20. The van der Waals surface area contributed by atoms with Gasteiger partial charge in [0.15, 0.2) is 25.2 Å². The Labute approximate surface area is 316 Å². The minimum absolute atomic E-state index is 0.0893. The fourth-order valence-electron chi connectivity index (χ4n) is 6.77. The molecule has 8 unspecified atom stereocenters. The van der Waals surface area contributed by atoms with E-state index in [4.69, 9.17) is 43.7 Å². The predicted octanol–water partition coefficient (Wildman–Crippen LogP) is -6.98. The van der Waals surface area contributed by atoms with E-state index >= 15 is 0 Å². The average Bonchev–Trinajstić information content (AvgIpc) is 3.15. The molecule has 14 N–H and O–H groups in total. The number of nitrogens with two attached hydrogens (primary N) is 1. The average molecular weight is 804 g/mol. The molecule has 0 bridgehead atoms. The summed E-state index contributed by atoms with van der Waals surface area (Å²) in [6, 6.07) is -1.53. The molecule has 0 aromatic carbocycles. The predicted molar refractivity (Wildman–Crippen MR) is 177 cm³/mol. The minimum Gasteiger partial charge on any atom is -0.394 e. The molecule has 4 rings (SSSR count). The summed E-state index contributed by atoms with van der Waals surface area (Å²) in [5.41, 5.74) is 2.04. The summed E-state index contributed by atoms with van der Waals surface area (Å²) in [6.07, 6.45) is -28.8. The Balaban J connectivity index is 1.56. The van der Waals surface area contributed by atoms with Crippen LogP contribution in [0, 0.1) is 0 Å². The highest BCUT2D eigenvalue weighted by Gasteiger charge is 2.56. The molecule has 23 heteroatoms. The van der Waals surface area contributed by atoms with E-state index in [1.165, 1.54) is 13.8 Å². The summed E-state index contributed by atoms with van der Waals surface area (Å²) in [7, 11) is 0. The van der Waals surface area contributed by atoms with Crippen LogP contribution in [-0.4, -0.2) is 205 Å². The number of unbranched alkanes of at least 4 members (excludes halogenated alkanes) is 2. The zero-order chi connectivity index (χ0) is 40.7. The first-order valence-corrected chi connectivity index (χ1v) is 18.2. The van der Waals surface area contributed by atoms with Gasteiger partial charge >= 0.3 is 0 Å². The van der Waals surface area contributed by atoms with E-state index in [1.54, 1.807) is 0 Å². The van der Waals surface area contributed by atoms with E-state index in [9.17, 15) is 60.7 Å². The van der Waals surface area contributed by atoms with Crippen molar-refractivity contribution in [3.05, 3.63) is 0 Å². The lowest BCUT2D eigenvalue weighted by Crippen LogP contribution is -2.70. The van der Waals surface area contributed by atoms with Crippen LogP contribution in [0.5, 0.6) is 0 Å². The van der Waals surface area contributed by atoms with Gasteiger partial charge in [0, 0.05) is 20.0 Å². The maximum Gasteiger partial charge on any atom is 0.233 e. The smallest absolute Gasteiger partial charge is 0.233 e. The molecular weight excluding hydrogens is 746 g/mol. The first-order valence-electron chi connectivity index (χ1n) is 18.2. The minimum atomic E-state index is -1.93. The molecule has 2 amide bonds.